The lowest BCUT2D eigenvalue weighted by Gasteiger charge is -2.12. The van der Waals surface area contributed by atoms with E-state index >= 15 is 0 Å². The summed E-state index contributed by atoms with van der Waals surface area (Å²) >= 11 is 6.90. The Morgan fingerprint density at radius 1 is 0.400 bits per heavy atom. The van der Waals surface area contributed by atoms with Crippen molar-refractivity contribution in [2.45, 2.75) is 25.7 Å². The molecule has 0 saturated carbocycles. The van der Waals surface area contributed by atoms with Gasteiger partial charge >= 0.3 is 0 Å². The van der Waals surface area contributed by atoms with Gasteiger partial charge in [-0.1, -0.05) is 131 Å². The third-order valence-electron chi connectivity index (χ3n) is 5.34. The van der Waals surface area contributed by atoms with Gasteiger partial charge in [-0.15, -0.1) is 0 Å². The Bertz CT molecular complexity index is 921. The van der Waals surface area contributed by atoms with Gasteiger partial charge in [-0.3, -0.25) is 0 Å². The monoisotopic (exact) mass is 520 g/mol. The maximum Gasteiger partial charge on any atom is 0.0175 e. The van der Waals surface area contributed by atoms with Crippen LogP contribution in [0.15, 0.2) is 118 Å². The zero-order chi connectivity index (χ0) is 21.3. The molecule has 0 aliphatic heterocycles. The molecule has 2 unspecified atom stereocenters. The first kappa shape index (κ1) is 22.5. The normalized spacial score (nSPS) is 12.4. The Hall–Kier alpha value is -2.16. The largest absolute Gasteiger partial charge is 0.0622 e. The van der Waals surface area contributed by atoms with Crippen LogP contribution in [0.3, 0.4) is 0 Å². The second-order valence-electron chi connectivity index (χ2n) is 7.37. The molecule has 0 aromatic heterocycles. The summed E-state index contributed by atoms with van der Waals surface area (Å²) in [6.07, 6.45) is 0. The standard InChI is InChI=1S/2C14H13Br/c2*1-11(12-5-3-2-4-6-12)13-7-9-14(15)10-8-13/h2*2-11H,1H3. The zero-order valence-electron chi connectivity index (χ0n) is 17.3. The number of hydrogen-bond acceptors (Lipinski definition) is 0. The van der Waals surface area contributed by atoms with Crippen molar-refractivity contribution in [2.24, 2.45) is 0 Å². The summed E-state index contributed by atoms with van der Waals surface area (Å²) in [5.41, 5.74) is 5.42. The van der Waals surface area contributed by atoms with Crippen molar-refractivity contribution in [3.05, 3.63) is 140 Å². The van der Waals surface area contributed by atoms with Crippen molar-refractivity contribution < 1.29 is 0 Å². The first-order chi connectivity index (χ1) is 14.5. The Labute approximate surface area is 197 Å². The fraction of sp³-hybridized carbons (Fsp3) is 0.143. The zero-order valence-corrected chi connectivity index (χ0v) is 20.5. The first-order valence-corrected chi connectivity index (χ1v) is 11.7. The smallest absolute Gasteiger partial charge is 0.0175 e. The number of hydrogen-bond donors (Lipinski definition) is 0. The van der Waals surface area contributed by atoms with Gasteiger partial charge in [-0.2, -0.15) is 0 Å². The molecule has 152 valence electrons. The first-order valence-electron chi connectivity index (χ1n) is 10.2. The van der Waals surface area contributed by atoms with Crippen molar-refractivity contribution in [1.29, 1.82) is 0 Å². The molecule has 4 aromatic carbocycles. The van der Waals surface area contributed by atoms with Crippen molar-refractivity contribution in [3.8, 4) is 0 Å². The summed E-state index contributed by atoms with van der Waals surface area (Å²) in [5.74, 6) is 0.915. The summed E-state index contributed by atoms with van der Waals surface area (Å²) in [4.78, 5) is 0. The molecule has 2 heteroatoms. The van der Waals surface area contributed by atoms with Crippen molar-refractivity contribution in [1.82, 2.24) is 0 Å². The SMILES string of the molecule is CC(c1ccccc1)c1ccc(Br)cc1.CC(c1ccccc1)c1ccc(Br)cc1. The van der Waals surface area contributed by atoms with Crippen LogP contribution in [0.4, 0.5) is 0 Å². The average Bonchev–Trinajstić information content (AvgIpc) is 2.81. The van der Waals surface area contributed by atoms with Crippen molar-refractivity contribution in [3.63, 3.8) is 0 Å². The van der Waals surface area contributed by atoms with Crippen LogP contribution in [0.2, 0.25) is 0 Å². The van der Waals surface area contributed by atoms with E-state index in [-0.39, 0.29) is 0 Å². The molecular weight excluding hydrogens is 496 g/mol. The Morgan fingerprint density at radius 3 is 0.967 bits per heavy atom. The second kappa shape index (κ2) is 11.3. The molecule has 0 aliphatic rings. The lowest BCUT2D eigenvalue weighted by Crippen LogP contribution is -1.94. The second-order valence-corrected chi connectivity index (χ2v) is 9.20. The van der Waals surface area contributed by atoms with Gasteiger partial charge in [-0.05, 0) is 46.5 Å². The molecular formula is C28H26Br2. The molecule has 0 N–H and O–H groups in total. The van der Waals surface area contributed by atoms with Crippen LogP contribution in [0, 0.1) is 0 Å². The lowest BCUT2D eigenvalue weighted by atomic mass is 9.93. The van der Waals surface area contributed by atoms with Crippen LogP contribution in [0.5, 0.6) is 0 Å². The molecule has 0 radical (unpaired) electrons. The van der Waals surface area contributed by atoms with Gasteiger partial charge in [0.2, 0.25) is 0 Å². The summed E-state index contributed by atoms with van der Waals surface area (Å²) < 4.78 is 2.26. The summed E-state index contributed by atoms with van der Waals surface area (Å²) in [5, 5.41) is 0. The third-order valence-corrected chi connectivity index (χ3v) is 6.40. The van der Waals surface area contributed by atoms with E-state index in [1.807, 2.05) is 0 Å². The highest BCUT2D eigenvalue weighted by atomic mass is 79.9. The number of rotatable bonds is 4. The van der Waals surface area contributed by atoms with Gasteiger partial charge < -0.3 is 0 Å². The van der Waals surface area contributed by atoms with E-state index in [9.17, 15) is 0 Å². The molecule has 0 amide bonds. The third kappa shape index (κ3) is 6.42. The molecule has 0 fully saturated rings. The fourth-order valence-corrected chi connectivity index (χ4v) is 3.90. The predicted molar refractivity (Wildman–Crippen MR) is 136 cm³/mol. The summed E-state index contributed by atoms with van der Waals surface area (Å²) in [7, 11) is 0. The van der Waals surface area contributed by atoms with E-state index in [2.05, 4.69) is 155 Å². The van der Waals surface area contributed by atoms with Crippen LogP contribution >= 0.6 is 31.9 Å². The molecule has 0 spiro atoms. The molecule has 4 aromatic rings. The predicted octanol–water partition coefficient (Wildman–Crippen LogP) is 9.20. The minimum absolute atomic E-state index is 0.458. The van der Waals surface area contributed by atoms with Gasteiger partial charge in [0.1, 0.15) is 0 Å². The quantitative estimate of drug-likeness (QED) is 0.251. The van der Waals surface area contributed by atoms with E-state index in [0.29, 0.717) is 11.8 Å². The maximum atomic E-state index is 3.45. The maximum absolute atomic E-state index is 3.45. The van der Waals surface area contributed by atoms with Crippen molar-refractivity contribution in [2.75, 3.05) is 0 Å². The molecule has 0 saturated heterocycles. The molecule has 4 rings (SSSR count). The van der Waals surface area contributed by atoms with Gasteiger partial charge in [0.25, 0.3) is 0 Å². The van der Waals surface area contributed by atoms with Crippen molar-refractivity contribution >= 4 is 31.9 Å². The number of halogens is 2. The summed E-state index contributed by atoms with van der Waals surface area (Å²) in [6.45, 7) is 4.47. The molecule has 30 heavy (non-hydrogen) atoms. The van der Waals surface area contributed by atoms with E-state index in [1.54, 1.807) is 0 Å². The topological polar surface area (TPSA) is 0 Å². The molecule has 2 atom stereocenters. The van der Waals surface area contributed by atoms with Gasteiger partial charge in [-0.25, -0.2) is 0 Å². The Balaban J connectivity index is 0.000000171. The molecule has 0 bridgehead atoms. The minimum Gasteiger partial charge on any atom is -0.0622 e. The molecule has 0 heterocycles. The van der Waals surface area contributed by atoms with E-state index in [0.717, 1.165) is 8.95 Å². The highest BCUT2D eigenvalue weighted by Gasteiger charge is 2.07. The molecule has 0 nitrogen and oxygen atoms in total. The minimum atomic E-state index is 0.458. The highest BCUT2D eigenvalue weighted by molar-refractivity contribution is 9.10. The van der Waals surface area contributed by atoms with Crippen LogP contribution in [0.25, 0.3) is 0 Å². The van der Waals surface area contributed by atoms with Crippen LogP contribution in [0.1, 0.15) is 47.9 Å². The van der Waals surface area contributed by atoms with Gasteiger partial charge in [0, 0.05) is 20.8 Å². The van der Waals surface area contributed by atoms with Crippen LogP contribution in [-0.4, -0.2) is 0 Å². The van der Waals surface area contributed by atoms with Gasteiger partial charge in [0.15, 0.2) is 0 Å². The fourth-order valence-electron chi connectivity index (χ4n) is 3.37. The summed E-state index contributed by atoms with van der Waals surface area (Å²) in [6, 6.07) is 38.2. The van der Waals surface area contributed by atoms with E-state index in [1.165, 1.54) is 22.3 Å². The van der Waals surface area contributed by atoms with Crippen LogP contribution in [-0.2, 0) is 0 Å². The molecule has 0 aliphatic carbocycles. The van der Waals surface area contributed by atoms with Crippen LogP contribution < -0.4 is 0 Å². The average molecular weight is 522 g/mol. The highest BCUT2D eigenvalue weighted by Crippen LogP contribution is 2.26. The Kier molecular flexibility index (Phi) is 8.48. The Morgan fingerprint density at radius 2 is 0.667 bits per heavy atom. The number of benzene rings is 4. The van der Waals surface area contributed by atoms with Gasteiger partial charge in [0.05, 0.1) is 0 Å². The lowest BCUT2D eigenvalue weighted by molar-refractivity contribution is 0.922. The van der Waals surface area contributed by atoms with E-state index in [4.69, 9.17) is 0 Å². The van der Waals surface area contributed by atoms with E-state index < -0.39 is 0 Å².